The number of alkyl carbamates (subject to hydrolysis) is 1. The standard InChI is InChI=1S/C30H34N4O4/c1-19-11-14-25(20(2)17-19)26(27(35)33-24-13-12-22-9-7-8-10-23(22)18-24)34(16-15-31)28(36)21(3)32-29(37)38-30(4,5)6/h7-14,17-18,21,26H,16H2,1-6H3,(H,32,37)(H,33,35). The van der Waals surface area contributed by atoms with Crippen molar-refractivity contribution in [3.63, 3.8) is 0 Å². The number of nitrogens with zero attached hydrogens (tertiary/aromatic N) is 2. The van der Waals surface area contributed by atoms with Crippen molar-refractivity contribution in [1.82, 2.24) is 10.2 Å². The summed E-state index contributed by atoms with van der Waals surface area (Å²) >= 11 is 0. The third-order valence-electron chi connectivity index (χ3n) is 5.92. The number of ether oxygens (including phenoxy) is 1. The first-order chi connectivity index (χ1) is 17.9. The molecule has 0 saturated heterocycles. The van der Waals surface area contributed by atoms with Gasteiger partial charge in [-0.15, -0.1) is 0 Å². The van der Waals surface area contributed by atoms with Crippen LogP contribution in [0.4, 0.5) is 10.5 Å². The molecule has 0 saturated carbocycles. The third-order valence-corrected chi connectivity index (χ3v) is 5.92. The fraction of sp³-hybridized carbons (Fsp3) is 0.333. The van der Waals surface area contributed by atoms with Crippen molar-refractivity contribution in [2.24, 2.45) is 0 Å². The number of hydrogen-bond donors (Lipinski definition) is 2. The Morgan fingerprint density at radius 3 is 2.32 bits per heavy atom. The molecular formula is C30H34N4O4. The number of fused-ring (bicyclic) bond motifs is 1. The Kier molecular flexibility index (Phi) is 8.74. The number of nitriles is 1. The molecule has 0 aliphatic carbocycles. The second-order valence-electron chi connectivity index (χ2n) is 10.3. The zero-order valence-corrected chi connectivity index (χ0v) is 22.7. The first kappa shape index (κ1) is 28.2. The molecule has 38 heavy (non-hydrogen) atoms. The largest absolute Gasteiger partial charge is 0.444 e. The van der Waals surface area contributed by atoms with E-state index in [4.69, 9.17) is 4.74 Å². The smallest absolute Gasteiger partial charge is 0.408 e. The minimum absolute atomic E-state index is 0.359. The van der Waals surface area contributed by atoms with Gasteiger partial charge in [0.15, 0.2) is 0 Å². The van der Waals surface area contributed by atoms with Gasteiger partial charge in [-0.25, -0.2) is 4.79 Å². The zero-order chi connectivity index (χ0) is 28.0. The number of carbonyl (C=O) groups is 3. The summed E-state index contributed by atoms with van der Waals surface area (Å²) in [6, 6.07) is 18.7. The highest BCUT2D eigenvalue weighted by molar-refractivity contribution is 6.00. The van der Waals surface area contributed by atoms with Crippen LogP contribution in [0, 0.1) is 25.2 Å². The lowest BCUT2D eigenvalue weighted by atomic mass is 9.96. The molecule has 3 amide bonds. The maximum absolute atomic E-state index is 13.8. The SMILES string of the molecule is Cc1ccc(C(C(=O)Nc2ccc3ccccc3c2)N(CC#N)C(=O)C(C)NC(=O)OC(C)(C)C)c(C)c1. The van der Waals surface area contributed by atoms with Crippen molar-refractivity contribution in [2.45, 2.75) is 59.2 Å². The quantitative estimate of drug-likeness (QED) is 0.410. The molecule has 0 fully saturated rings. The number of rotatable bonds is 7. The molecule has 2 atom stereocenters. The summed E-state index contributed by atoms with van der Waals surface area (Å²) in [5.74, 6) is -1.06. The minimum Gasteiger partial charge on any atom is -0.444 e. The van der Waals surface area contributed by atoms with Crippen LogP contribution in [0.25, 0.3) is 10.8 Å². The predicted octanol–water partition coefficient (Wildman–Crippen LogP) is 5.40. The lowest BCUT2D eigenvalue weighted by Gasteiger charge is -2.32. The van der Waals surface area contributed by atoms with Crippen LogP contribution in [-0.2, 0) is 14.3 Å². The van der Waals surface area contributed by atoms with Crippen molar-refractivity contribution in [2.75, 3.05) is 11.9 Å². The molecule has 198 valence electrons. The lowest BCUT2D eigenvalue weighted by molar-refractivity contribution is -0.139. The summed E-state index contributed by atoms with van der Waals surface area (Å²) < 4.78 is 5.27. The molecule has 3 aromatic carbocycles. The van der Waals surface area contributed by atoms with E-state index in [0.29, 0.717) is 11.3 Å². The Bertz CT molecular complexity index is 1390. The zero-order valence-electron chi connectivity index (χ0n) is 22.7. The average molecular weight is 515 g/mol. The Labute approximate surface area is 223 Å². The van der Waals surface area contributed by atoms with E-state index in [1.165, 1.54) is 11.8 Å². The van der Waals surface area contributed by atoms with E-state index in [1.54, 1.807) is 32.9 Å². The van der Waals surface area contributed by atoms with Gasteiger partial charge in [-0.05, 0) is 75.6 Å². The van der Waals surface area contributed by atoms with Gasteiger partial charge in [0.25, 0.3) is 5.91 Å². The molecule has 0 radical (unpaired) electrons. The molecule has 3 rings (SSSR count). The van der Waals surface area contributed by atoms with E-state index in [9.17, 15) is 19.6 Å². The Morgan fingerprint density at radius 2 is 1.68 bits per heavy atom. The van der Waals surface area contributed by atoms with E-state index >= 15 is 0 Å². The lowest BCUT2D eigenvalue weighted by Crippen LogP contribution is -2.51. The summed E-state index contributed by atoms with van der Waals surface area (Å²) in [6.07, 6.45) is -0.765. The van der Waals surface area contributed by atoms with Gasteiger partial charge in [0, 0.05) is 5.69 Å². The van der Waals surface area contributed by atoms with Crippen LogP contribution in [-0.4, -0.2) is 41.0 Å². The van der Waals surface area contributed by atoms with Crippen LogP contribution in [0.2, 0.25) is 0 Å². The highest BCUT2D eigenvalue weighted by Gasteiger charge is 2.35. The molecule has 3 aromatic rings. The molecule has 0 aromatic heterocycles. The van der Waals surface area contributed by atoms with Gasteiger partial charge in [-0.3, -0.25) is 9.59 Å². The number of aryl methyl sites for hydroxylation is 2. The summed E-state index contributed by atoms with van der Waals surface area (Å²) in [7, 11) is 0. The minimum atomic E-state index is -1.11. The molecular weight excluding hydrogens is 480 g/mol. The highest BCUT2D eigenvalue weighted by atomic mass is 16.6. The summed E-state index contributed by atoms with van der Waals surface area (Å²) in [5.41, 5.74) is 2.19. The van der Waals surface area contributed by atoms with Gasteiger partial charge < -0.3 is 20.3 Å². The van der Waals surface area contributed by atoms with E-state index in [2.05, 4.69) is 10.6 Å². The topological polar surface area (TPSA) is 112 Å². The first-order valence-electron chi connectivity index (χ1n) is 12.4. The van der Waals surface area contributed by atoms with Crippen molar-refractivity contribution in [1.29, 1.82) is 5.26 Å². The van der Waals surface area contributed by atoms with Crippen LogP contribution in [0.1, 0.15) is 50.4 Å². The second kappa shape index (κ2) is 11.8. The van der Waals surface area contributed by atoms with E-state index in [1.807, 2.05) is 68.4 Å². The molecule has 2 unspecified atom stereocenters. The van der Waals surface area contributed by atoms with Crippen molar-refractivity contribution < 1.29 is 19.1 Å². The van der Waals surface area contributed by atoms with Gasteiger partial charge in [0.1, 0.15) is 24.2 Å². The van der Waals surface area contributed by atoms with E-state index < -0.39 is 35.6 Å². The van der Waals surface area contributed by atoms with Crippen LogP contribution >= 0.6 is 0 Å². The van der Waals surface area contributed by atoms with E-state index in [0.717, 1.165) is 21.9 Å². The molecule has 0 aliphatic rings. The summed E-state index contributed by atoms with van der Waals surface area (Å²) in [5, 5.41) is 17.0. The molecule has 0 spiro atoms. The van der Waals surface area contributed by atoms with Crippen molar-refractivity contribution in [3.8, 4) is 6.07 Å². The molecule has 2 N–H and O–H groups in total. The van der Waals surface area contributed by atoms with Crippen molar-refractivity contribution in [3.05, 3.63) is 77.4 Å². The van der Waals surface area contributed by atoms with Crippen LogP contribution in [0.3, 0.4) is 0 Å². The normalized spacial score (nSPS) is 12.7. The Hall–Kier alpha value is -4.38. The van der Waals surface area contributed by atoms with Crippen LogP contribution < -0.4 is 10.6 Å². The van der Waals surface area contributed by atoms with Gasteiger partial charge in [0.2, 0.25) is 5.91 Å². The first-order valence-corrected chi connectivity index (χ1v) is 12.4. The molecule has 0 bridgehead atoms. The molecule has 0 aliphatic heterocycles. The second-order valence-corrected chi connectivity index (χ2v) is 10.3. The summed E-state index contributed by atoms with van der Waals surface area (Å²) in [4.78, 5) is 40.9. The van der Waals surface area contributed by atoms with Gasteiger partial charge in [0.05, 0.1) is 6.07 Å². The fourth-order valence-electron chi connectivity index (χ4n) is 4.23. The summed E-state index contributed by atoms with van der Waals surface area (Å²) in [6.45, 7) is 10.1. The third kappa shape index (κ3) is 7.10. The maximum Gasteiger partial charge on any atom is 0.408 e. The number of anilines is 1. The van der Waals surface area contributed by atoms with Gasteiger partial charge >= 0.3 is 6.09 Å². The monoisotopic (exact) mass is 514 g/mol. The number of hydrogen-bond acceptors (Lipinski definition) is 5. The molecule has 0 heterocycles. The number of nitrogens with one attached hydrogen (secondary N) is 2. The van der Waals surface area contributed by atoms with Gasteiger partial charge in [-0.2, -0.15) is 5.26 Å². The van der Waals surface area contributed by atoms with Gasteiger partial charge in [-0.1, -0.05) is 54.1 Å². The average Bonchev–Trinajstić information content (AvgIpc) is 2.83. The molecule has 8 heteroatoms. The predicted molar refractivity (Wildman–Crippen MR) is 147 cm³/mol. The molecule has 8 nitrogen and oxygen atoms in total. The van der Waals surface area contributed by atoms with E-state index in [-0.39, 0.29) is 6.54 Å². The number of benzene rings is 3. The fourth-order valence-corrected chi connectivity index (χ4v) is 4.23. The highest BCUT2D eigenvalue weighted by Crippen LogP contribution is 2.28. The van der Waals surface area contributed by atoms with Crippen LogP contribution in [0.15, 0.2) is 60.7 Å². The maximum atomic E-state index is 13.8. The van der Waals surface area contributed by atoms with Crippen LogP contribution in [0.5, 0.6) is 0 Å². The Morgan fingerprint density at radius 1 is 1.00 bits per heavy atom. The van der Waals surface area contributed by atoms with Crippen molar-refractivity contribution >= 4 is 34.4 Å². The Balaban J connectivity index is 1.97. The number of carbonyl (C=O) groups excluding carboxylic acids is 3. The number of amides is 3.